The Labute approximate surface area is 109 Å². The van der Waals surface area contributed by atoms with E-state index < -0.39 is 0 Å². The first-order chi connectivity index (χ1) is 7.80. The lowest BCUT2D eigenvalue weighted by Gasteiger charge is -2.27. The highest BCUT2D eigenvalue weighted by Crippen LogP contribution is 2.25. The van der Waals surface area contributed by atoms with Gasteiger partial charge < -0.3 is 11.1 Å². The van der Waals surface area contributed by atoms with Crippen LogP contribution in [0.25, 0.3) is 0 Å². The molecule has 3 N–H and O–H groups in total. The molecule has 1 rings (SSSR count). The molecular formula is C13H21N3S. The highest BCUT2D eigenvalue weighted by atomic mass is 32.1. The predicted octanol–water partition coefficient (Wildman–Crippen LogP) is 2.81. The highest BCUT2D eigenvalue weighted by Gasteiger charge is 2.19. The zero-order valence-corrected chi connectivity index (χ0v) is 11.8. The van der Waals surface area contributed by atoms with Crippen LogP contribution in [-0.4, -0.2) is 16.5 Å². The molecule has 0 aliphatic rings. The zero-order valence-electron chi connectivity index (χ0n) is 10.9. The molecule has 0 fully saturated rings. The SMILES string of the molecule is CC(CNc1ccnc(C(N)=S)c1)C(C)(C)C. The number of pyridine rings is 1. The van der Waals surface area contributed by atoms with Crippen molar-refractivity contribution in [3.05, 3.63) is 24.0 Å². The molecule has 0 radical (unpaired) electrons. The summed E-state index contributed by atoms with van der Waals surface area (Å²) in [5.41, 5.74) is 7.52. The van der Waals surface area contributed by atoms with Crippen LogP contribution in [0.1, 0.15) is 33.4 Å². The van der Waals surface area contributed by atoms with Crippen molar-refractivity contribution in [2.75, 3.05) is 11.9 Å². The molecule has 1 atom stereocenters. The van der Waals surface area contributed by atoms with Gasteiger partial charge in [-0.1, -0.05) is 39.9 Å². The Hall–Kier alpha value is -1.16. The van der Waals surface area contributed by atoms with Crippen LogP contribution in [0.3, 0.4) is 0 Å². The second-order valence-corrected chi connectivity index (χ2v) is 5.88. The number of nitrogens with zero attached hydrogens (tertiary/aromatic N) is 1. The number of aromatic nitrogens is 1. The molecule has 3 nitrogen and oxygen atoms in total. The Morgan fingerprint density at radius 1 is 1.53 bits per heavy atom. The Morgan fingerprint density at radius 3 is 2.71 bits per heavy atom. The topological polar surface area (TPSA) is 50.9 Å². The highest BCUT2D eigenvalue weighted by molar-refractivity contribution is 7.80. The third-order valence-electron chi connectivity index (χ3n) is 3.10. The maximum Gasteiger partial charge on any atom is 0.122 e. The van der Waals surface area contributed by atoms with Crippen molar-refractivity contribution in [3.63, 3.8) is 0 Å². The van der Waals surface area contributed by atoms with Crippen LogP contribution in [0.5, 0.6) is 0 Å². The van der Waals surface area contributed by atoms with Crippen molar-refractivity contribution in [1.82, 2.24) is 4.98 Å². The quantitative estimate of drug-likeness (QED) is 0.808. The third kappa shape index (κ3) is 4.30. The number of thiocarbonyl (C=S) groups is 1. The van der Waals surface area contributed by atoms with E-state index in [0.717, 1.165) is 12.2 Å². The summed E-state index contributed by atoms with van der Waals surface area (Å²) in [7, 11) is 0. The van der Waals surface area contributed by atoms with Gasteiger partial charge in [0.15, 0.2) is 0 Å². The van der Waals surface area contributed by atoms with Crippen LogP contribution in [0, 0.1) is 11.3 Å². The number of hydrogen-bond acceptors (Lipinski definition) is 3. The normalized spacial score (nSPS) is 13.2. The van der Waals surface area contributed by atoms with Gasteiger partial charge in [0.2, 0.25) is 0 Å². The van der Waals surface area contributed by atoms with E-state index in [1.165, 1.54) is 0 Å². The first-order valence-corrected chi connectivity index (χ1v) is 6.21. The van der Waals surface area contributed by atoms with Crippen LogP contribution >= 0.6 is 12.2 Å². The van der Waals surface area contributed by atoms with Crippen LogP contribution in [-0.2, 0) is 0 Å². The van der Waals surface area contributed by atoms with Crippen molar-refractivity contribution in [1.29, 1.82) is 0 Å². The van der Waals surface area contributed by atoms with E-state index in [9.17, 15) is 0 Å². The minimum absolute atomic E-state index is 0.298. The summed E-state index contributed by atoms with van der Waals surface area (Å²) in [4.78, 5) is 4.44. The number of anilines is 1. The van der Waals surface area contributed by atoms with E-state index in [4.69, 9.17) is 18.0 Å². The van der Waals surface area contributed by atoms with Gasteiger partial charge in [-0.2, -0.15) is 0 Å². The maximum atomic E-state index is 5.55. The Bertz CT molecular complexity index is 396. The molecule has 4 heteroatoms. The van der Waals surface area contributed by atoms with Gasteiger partial charge >= 0.3 is 0 Å². The van der Waals surface area contributed by atoms with E-state index >= 15 is 0 Å². The van der Waals surface area contributed by atoms with Crippen molar-refractivity contribution < 1.29 is 0 Å². The molecule has 0 aliphatic carbocycles. The molecule has 0 saturated carbocycles. The molecule has 0 aliphatic heterocycles. The lowest BCUT2D eigenvalue weighted by molar-refractivity contribution is 0.274. The fraction of sp³-hybridized carbons (Fsp3) is 0.538. The molecule has 0 saturated heterocycles. The van der Waals surface area contributed by atoms with Crippen LogP contribution in [0.4, 0.5) is 5.69 Å². The van der Waals surface area contributed by atoms with Crippen molar-refractivity contribution in [2.24, 2.45) is 17.1 Å². The fourth-order valence-electron chi connectivity index (χ4n) is 1.25. The van der Waals surface area contributed by atoms with Gasteiger partial charge in [0.05, 0.1) is 5.69 Å². The predicted molar refractivity (Wildman–Crippen MR) is 77.2 cm³/mol. The monoisotopic (exact) mass is 251 g/mol. The lowest BCUT2D eigenvalue weighted by atomic mass is 9.82. The first kappa shape index (κ1) is 13.9. The average molecular weight is 251 g/mol. The van der Waals surface area contributed by atoms with Gasteiger partial charge in [0.1, 0.15) is 4.99 Å². The minimum Gasteiger partial charge on any atom is -0.388 e. The maximum absolute atomic E-state index is 5.55. The number of nitrogens with two attached hydrogens (primary N) is 1. The van der Waals surface area contributed by atoms with E-state index in [2.05, 4.69) is 38.0 Å². The Kier molecular flexibility index (Phi) is 4.46. The Balaban J connectivity index is 2.64. The van der Waals surface area contributed by atoms with Gasteiger partial charge in [-0.05, 0) is 23.5 Å². The first-order valence-electron chi connectivity index (χ1n) is 5.80. The van der Waals surface area contributed by atoms with Gasteiger partial charge in [-0.3, -0.25) is 4.98 Å². The molecule has 17 heavy (non-hydrogen) atoms. The summed E-state index contributed by atoms with van der Waals surface area (Å²) in [5, 5.41) is 3.39. The summed E-state index contributed by atoms with van der Waals surface area (Å²) in [5.74, 6) is 0.573. The summed E-state index contributed by atoms with van der Waals surface area (Å²) in [6.45, 7) is 9.89. The molecule has 0 aromatic carbocycles. The standard InChI is InChI=1S/C13H21N3S/c1-9(13(2,3)4)8-16-10-5-6-15-11(7-10)12(14)17/h5-7,9H,8H2,1-4H3,(H2,14,17)(H,15,16). The molecule has 94 valence electrons. The van der Waals surface area contributed by atoms with Crippen molar-refractivity contribution in [3.8, 4) is 0 Å². The van der Waals surface area contributed by atoms with Crippen LogP contribution in [0.2, 0.25) is 0 Å². The van der Waals surface area contributed by atoms with E-state index in [0.29, 0.717) is 22.0 Å². The van der Waals surface area contributed by atoms with Gasteiger partial charge in [0, 0.05) is 18.4 Å². The zero-order chi connectivity index (χ0) is 13.1. The summed E-state index contributed by atoms with van der Waals surface area (Å²) >= 11 is 4.90. The number of hydrogen-bond donors (Lipinski definition) is 2. The molecule has 0 bridgehead atoms. The van der Waals surface area contributed by atoms with E-state index in [1.807, 2.05) is 12.1 Å². The van der Waals surface area contributed by atoms with E-state index in [1.54, 1.807) is 6.20 Å². The lowest BCUT2D eigenvalue weighted by Crippen LogP contribution is -2.25. The second-order valence-electron chi connectivity index (χ2n) is 5.44. The van der Waals surface area contributed by atoms with Gasteiger partial charge in [0.25, 0.3) is 0 Å². The summed E-state index contributed by atoms with van der Waals surface area (Å²) in [6, 6.07) is 3.81. The van der Waals surface area contributed by atoms with Crippen LogP contribution in [0.15, 0.2) is 18.3 Å². The molecule has 1 aromatic rings. The Morgan fingerprint density at radius 2 is 2.18 bits per heavy atom. The number of rotatable bonds is 4. The fourth-order valence-corrected chi connectivity index (χ4v) is 1.36. The molecule has 0 amide bonds. The summed E-state index contributed by atoms with van der Waals surface area (Å²) in [6.07, 6.45) is 1.72. The van der Waals surface area contributed by atoms with Gasteiger partial charge in [-0.25, -0.2) is 0 Å². The third-order valence-corrected chi connectivity index (χ3v) is 3.31. The smallest absolute Gasteiger partial charge is 0.122 e. The molecular weight excluding hydrogens is 230 g/mol. The number of nitrogens with one attached hydrogen (secondary N) is 1. The average Bonchev–Trinajstić information content (AvgIpc) is 2.25. The molecule has 1 heterocycles. The largest absolute Gasteiger partial charge is 0.388 e. The van der Waals surface area contributed by atoms with E-state index in [-0.39, 0.29) is 0 Å². The van der Waals surface area contributed by atoms with Crippen molar-refractivity contribution in [2.45, 2.75) is 27.7 Å². The van der Waals surface area contributed by atoms with Gasteiger partial charge in [-0.15, -0.1) is 0 Å². The molecule has 1 aromatic heterocycles. The molecule has 1 unspecified atom stereocenters. The minimum atomic E-state index is 0.298. The molecule has 0 spiro atoms. The second kappa shape index (κ2) is 5.45. The summed E-state index contributed by atoms with van der Waals surface area (Å²) < 4.78 is 0. The van der Waals surface area contributed by atoms with Crippen molar-refractivity contribution >= 4 is 22.9 Å². The van der Waals surface area contributed by atoms with Crippen LogP contribution < -0.4 is 11.1 Å².